The zero-order valence-corrected chi connectivity index (χ0v) is 17.2. The molecule has 0 aromatic carbocycles. The van der Waals surface area contributed by atoms with E-state index in [9.17, 15) is 4.79 Å². The van der Waals surface area contributed by atoms with Crippen LogP contribution < -0.4 is 11.5 Å². The number of carbonyl (C=O) groups is 1. The number of nitrogens with two attached hydrogens (primary N) is 2. The average Bonchev–Trinajstić information content (AvgIpc) is 3.25. The molecule has 6 atom stereocenters. The van der Waals surface area contributed by atoms with Crippen molar-refractivity contribution < 1.29 is 14.3 Å². The number of morpholine rings is 2. The first-order valence-electron chi connectivity index (χ1n) is 10.8. The molecule has 9 heteroatoms. The Morgan fingerprint density at radius 2 is 1.18 bits per heavy atom. The third-order valence-corrected chi connectivity index (χ3v) is 6.74. The summed E-state index contributed by atoms with van der Waals surface area (Å²) in [5, 5.41) is 9.01. The summed E-state index contributed by atoms with van der Waals surface area (Å²) < 4.78 is 11.2. The minimum absolute atomic E-state index is 0.153. The van der Waals surface area contributed by atoms with Crippen LogP contribution in [-0.2, 0) is 14.3 Å². The molecule has 0 aliphatic carbocycles. The molecule has 0 bridgehead atoms. The normalized spacial score (nSPS) is 42.3. The molecule has 0 spiro atoms. The van der Waals surface area contributed by atoms with Crippen LogP contribution in [0.4, 0.5) is 0 Å². The van der Waals surface area contributed by atoms with E-state index in [-0.39, 0.29) is 42.0 Å². The molecule has 0 radical (unpaired) electrons. The molecule has 4 rings (SSSR count). The number of ether oxygens (including phenoxy) is 2. The van der Waals surface area contributed by atoms with E-state index in [4.69, 9.17) is 20.9 Å². The number of nitrogens with zero attached hydrogens (tertiary/aromatic N) is 4. The summed E-state index contributed by atoms with van der Waals surface area (Å²) in [4.78, 5) is 13.8. The Hall–Kier alpha value is -0.650. The van der Waals surface area contributed by atoms with Crippen molar-refractivity contribution >= 4 is 5.78 Å². The lowest BCUT2D eigenvalue weighted by atomic mass is 9.96. The first-order chi connectivity index (χ1) is 13.5. The van der Waals surface area contributed by atoms with Crippen LogP contribution in [0.3, 0.4) is 0 Å². The molecule has 0 amide bonds. The highest BCUT2D eigenvalue weighted by Gasteiger charge is 2.50. The maximum absolute atomic E-state index is 13.8. The van der Waals surface area contributed by atoms with Crippen molar-refractivity contribution in [2.24, 2.45) is 11.5 Å². The fourth-order valence-electron chi connectivity index (χ4n) is 5.27. The molecule has 28 heavy (non-hydrogen) atoms. The Morgan fingerprint density at radius 1 is 0.750 bits per heavy atom. The Morgan fingerprint density at radius 3 is 1.57 bits per heavy atom. The Balaban J connectivity index is 1.54. The number of Topliss-reactive ketones (excluding diaryl/α,β-unsaturated/α-hetero) is 1. The van der Waals surface area contributed by atoms with Gasteiger partial charge in [-0.15, -0.1) is 0 Å². The van der Waals surface area contributed by atoms with Crippen molar-refractivity contribution in [2.45, 2.75) is 62.9 Å². The summed E-state index contributed by atoms with van der Waals surface area (Å²) in [6.45, 7) is 10.3. The summed E-state index contributed by atoms with van der Waals surface area (Å²) >= 11 is 0. The van der Waals surface area contributed by atoms with Crippen LogP contribution in [-0.4, -0.2) is 115 Å². The minimum Gasteiger partial charge on any atom is -0.378 e. The summed E-state index contributed by atoms with van der Waals surface area (Å²) in [6.07, 6.45) is 1.66. The van der Waals surface area contributed by atoms with Gasteiger partial charge in [0.05, 0.1) is 38.5 Å². The maximum Gasteiger partial charge on any atom is 0.172 e. The van der Waals surface area contributed by atoms with E-state index in [0.29, 0.717) is 26.4 Å². The SMILES string of the molecule is CC1COCCN1N1CCC(N)C1C(=O)C1C(N)CCN1N1CCOCC1C. The zero-order valence-electron chi connectivity index (χ0n) is 17.2. The van der Waals surface area contributed by atoms with Crippen molar-refractivity contribution in [3.8, 4) is 0 Å². The van der Waals surface area contributed by atoms with Crippen LogP contribution in [0.15, 0.2) is 0 Å². The Kier molecular flexibility index (Phi) is 6.34. The van der Waals surface area contributed by atoms with Gasteiger partial charge in [-0.2, -0.15) is 0 Å². The van der Waals surface area contributed by atoms with E-state index in [0.717, 1.165) is 39.0 Å². The van der Waals surface area contributed by atoms with Crippen LogP contribution in [0.2, 0.25) is 0 Å². The molecule has 0 aromatic rings. The van der Waals surface area contributed by atoms with Crippen molar-refractivity contribution in [2.75, 3.05) is 52.6 Å². The molecule has 4 fully saturated rings. The first-order valence-corrected chi connectivity index (χ1v) is 10.8. The second-order valence-electron chi connectivity index (χ2n) is 8.70. The lowest BCUT2D eigenvalue weighted by Gasteiger charge is -2.46. The monoisotopic (exact) mass is 396 g/mol. The third kappa shape index (κ3) is 3.75. The van der Waals surface area contributed by atoms with Crippen molar-refractivity contribution in [1.82, 2.24) is 20.0 Å². The molecule has 0 saturated carbocycles. The van der Waals surface area contributed by atoms with Gasteiger partial charge in [0.25, 0.3) is 0 Å². The fourth-order valence-corrected chi connectivity index (χ4v) is 5.27. The van der Waals surface area contributed by atoms with Crippen LogP contribution in [0.1, 0.15) is 26.7 Å². The van der Waals surface area contributed by atoms with Crippen molar-refractivity contribution in [3.05, 3.63) is 0 Å². The van der Waals surface area contributed by atoms with E-state index in [1.165, 1.54) is 0 Å². The number of ketones is 1. The zero-order chi connectivity index (χ0) is 19.8. The minimum atomic E-state index is -0.312. The smallest absolute Gasteiger partial charge is 0.172 e. The lowest BCUT2D eigenvalue weighted by Crippen LogP contribution is -2.65. The summed E-state index contributed by atoms with van der Waals surface area (Å²) in [5.74, 6) is 0.174. The lowest BCUT2D eigenvalue weighted by molar-refractivity contribution is -0.165. The van der Waals surface area contributed by atoms with Gasteiger partial charge in [-0.3, -0.25) is 4.79 Å². The van der Waals surface area contributed by atoms with Crippen LogP contribution >= 0.6 is 0 Å². The number of rotatable bonds is 4. The van der Waals surface area contributed by atoms with Crippen molar-refractivity contribution in [1.29, 1.82) is 0 Å². The molecular weight excluding hydrogens is 360 g/mol. The molecule has 6 unspecified atom stereocenters. The third-order valence-electron chi connectivity index (χ3n) is 6.74. The number of carbonyl (C=O) groups excluding carboxylic acids is 1. The largest absolute Gasteiger partial charge is 0.378 e. The fraction of sp³-hybridized carbons (Fsp3) is 0.947. The van der Waals surface area contributed by atoms with Crippen LogP contribution in [0.5, 0.6) is 0 Å². The van der Waals surface area contributed by atoms with Gasteiger partial charge < -0.3 is 20.9 Å². The quantitative estimate of drug-likeness (QED) is 0.596. The van der Waals surface area contributed by atoms with Gasteiger partial charge in [-0.1, -0.05) is 0 Å². The summed E-state index contributed by atoms with van der Waals surface area (Å²) in [7, 11) is 0. The average molecular weight is 397 g/mol. The van der Waals surface area contributed by atoms with Gasteiger partial charge in [0, 0.05) is 50.3 Å². The summed E-state index contributed by atoms with van der Waals surface area (Å²) in [5.41, 5.74) is 12.9. The number of hydrogen-bond donors (Lipinski definition) is 2. The number of hydrazine groups is 2. The van der Waals surface area contributed by atoms with E-state index in [1.54, 1.807) is 0 Å². The topological polar surface area (TPSA) is 101 Å². The highest BCUT2D eigenvalue weighted by molar-refractivity contribution is 5.91. The first kappa shape index (κ1) is 20.6. The molecular formula is C19H36N6O3. The second-order valence-corrected chi connectivity index (χ2v) is 8.70. The predicted octanol–water partition coefficient (Wildman–Crippen LogP) is -1.37. The van der Waals surface area contributed by atoms with Gasteiger partial charge >= 0.3 is 0 Å². The van der Waals surface area contributed by atoms with E-state index in [2.05, 4.69) is 33.9 Å². The molecule has 4 aliphatic rings. The van der Waals surface area contributed by atoms with Gasteiger partial charge in [-0.05, 0) is 26.7 Å². The molecule has 160 valence electrons. The van der Waals surface area contributed by atoms with Crippen LogP contribution in [0, 0.1) is 0 Å². The van der Waals surface area contributed by atoms with Gasteiger partial charge in [0.15, 0.2) is 5.78 Å². The number of hydrogen-bond acceptors (Lipinski definition) is 9. The second kappa shape index (κ2) is 8.61. The maximum atomic E-state index is 13.8. The van der Waals surface area contributed by atoms with E-state index in [1.807, 2.05) is 0 Å². The summed E-state index contributed by atoms with van der Waals surface area (Å²) in [6, 6.07) is -0.426. The highest BCUT2D eigenvalue weighted by Crippen LogP contribution is 2.29. The standard InChI is InChI=1S/C19H36N6O3/c1-13-11-27-9-7-22(13)24-5-3-15(20)17(24)19(26)18-16(21)4-6-25(18)23-8-10-28-12-14(23)2/h13-18H,3-12,20-21H2,1-2H3. The molecule has 0 aromatic heterocycles. The van der Waals surface area contributed by atoms with E-state index < -0.39 is 0 Å². The van der Waals surface area contributed by atoms with Crippen LogP contribution in [0.25, 0.3) is 0 Å². The molecule has 4 heterocycles. The Labute approximate surface area is 167 Å². The highest BCUT2D eigenvalue weighted by atomic mass is 16.5. The predicted molar refractivity (Wildman–Crippen MR) is 105 cm³/mol. The van der Waals surface area contributed by atoms with Gasteiger partial charge in [0.1, 0.15) is 0 Å². The molecule has 9 nitrogen and oxygen atoms in total. The Bertz CT molecular complexity index is 520. The molecule has 4 saturated heterocycles. The molecule has 4 aliphatic heterocycles. The molecule has 4 N–H and O–H groups in total. The van der Waals surface area contributed by atoms with Crippen molar-refractivity contribution in [3.63, 3.8) is 0 Å². The van der Waals surface area contributed by atoms with Gasteiger partial charge in [-0.25, -0.2) is 20.0 Å². The van der Waals surface area contributed by atoms with E-state index >= 15 is 0 Å². The van der Waals surface area contributed by atoms with Gasteiger partial charge in [0.2, 0.25) is 0 Å².